The molecule has 5 rings (SSSR count). The van der Waals surface area contributed by atoms with Gasteiger partial charge >= 0.3 is 0 Å². The van der Waals surface area contributed by atoms with Gasteiger partial charge < -0.3 is 14.6 Å². The Morgan fingerprint density at radius 2 is 1.97 bits per heavy atom. The minimum atomic E-state index is -0.427. The monoisotopic (exact) mass is 462 g/mol. The van der Waals surface area contributed by atoms with Crippen LogP contribution in [0, 0.1) is 0 Å². The van der Waals surface area contributed by atoms with E-state index in [1.807, 2.05) is 59.7 Å². The summed E-state index contributed by atoms with van der Waals surface area (Å²) in [5.41, 5.74) is 1.51. The molecule has 0 unspecified atom stereocenters. The van der Waals surface area contributed by atoms with E-state index < -0.39 is 5.92 Å². The van der Waals surface area contributed by atoms with Gasteiger partial charge in [-0.05, 0) is 61.4 Å². The standard InChI is InChI=1S/C27H30N2O3S/c1-18(14-15-20-10-6-16-32-20)28-26(30)24-21-11-4-5-12-22(21)27(31)29(19-8-2-3-9-19)25(24)23-13-7-17-33-23/h4-7,10-13,16-19,24-25H,2-3,8-9,14-15H2,1H3,(H,28,30)/t18-,24-,25-/m1/s1. The number of carbonyl (C=O) groups is 2. The van der Waals surface area contributed by atoms with Gasteiger partial charge in [0, 0.05) is 28.9 Å². The molecule has 3 heterocycles. The maximum absolute atomic E-state index is 13.8. The molecule has 1 saturated carbocycles. The Morgan fingerprint density at radius 1 is 1.15 bits per heavy atom. The highest BCUT2D eigenvalue weighted by Gasteiger charge is 2.47. The number of fused-ring (bicyclic) bond motifs is 1. The van der Waals surface area contributed by atoms with Crippen LogP contribution in [0.2, 0.25) is 0 Å². The average Bonchev–Trinajstić information content (AvgIpc) is 3.61. The summed E-state index contributed by atoms with van der Waals surface area (Å²) in [6, 6.07) is 15.5. The Morgan fingerprint density at radius 3 is 2.70 bits per heavy atom. The summed E-state index contributed by atoms with van der Waals surface area (Å²) in [6.07, 6.45) is 7.52. The van der Waals surface area contributed by atoms with Gasteiger partial charge in [-0.2, -0.15) is 0 Å². The number of hydrogen-bond acceptors (Lipinski definition) is 4. The lowest BCUT2D eigenvalue weighted by atomic mass is 9.80. The molecule has 2 aliphatic rings. The van der Waals surface area contributed by atoms with E-state index in [9.17, 15) is 9.59 Å². The third-order valence-electron chi connectivity index (χ3n) is 7.00. The van der Waals surface area contributed by atoms with E-state index in [0.29, 0.717) is 5.56 Å². The largest absolute Gasteiger partial charge is 0.469 e. The maximum atomic E-state index is 13.8. The smallest absolute Gasteiger partial charge is 0.254 e. The maximum Gasteiger partial charge on any atom is 0.254 e. The molecule has 2 amide bonds. The van der Waals surface area contributed by atoms with Crippen molar-refractivity contribution in [3.8, 4) is 0 Å². The van der Waals surface area contributed by atoms with Crippen molar-refractivity contribution in [2.24, 2.45) is 0 Å². The first-order chi connectivity index (χ1) is 16.1. The molecule has 2 aromatic heterocycles. The second kappa shape index (κ2) is 9.56. The van der Waals surface area contributed by atoms with Crippen LogP contribution in [0.4, 0.5) is 0 Å². The fourth-order valence-corrected chi connectivity index (χ4v) is 6.26. The third-order valence-corrected chi connectivity index (χ3v) is 7.95. The Balaban J connectivity index is 1.47. The van der Waals surface area contributed by atoms with Crippen molar-refractivity contribution in [2.45, 2.75) is 69.5 Å². The van der Waals surface area contributed by atoms with Crippen LogP contribution in [0.15, 0.2) is 64.6 Å². The van der Waals surface area contributed by atoms with Crippen LogP contribution in [0.5, 0.6) is 0 Å². The zero-order chi connectivity index (χ0) is 22.8. The van der Waals surface area contributed by atoms with Gasteiger partial charge in [0.15, 0.2) is 0 Å². The van der Waals surface area contributed by atoms with Crippen LogP contribution >= 0.6 is 11.3 Å². The molecule has 1 fully saturated rings. The molecule has 1 aliphatic heterocycles. The number of rotatable bonds is 7. The summed E-state index contributed by atoms with van der Waals surface area (Å²) in [4.78, 5) is 30.7. The van der Waals surface area contributed by atoms with E-state index in [0.717, 1.165) is 54.7 Å². The molecule has 0 bridgehead atoms. The van der Waals surface area contributed by atoms with Crippen molar-refractivity contribution < 1.29 is 14.0 Å². The van der Waals surface area contributed by atoms with Crippen LogP contribution in [-0.2, 0) is 11.2 Å². The number of carbonyl (C=O) groups excluding carboxylic acids is 2. The zero-order valence-electron chi connectivity index (χ0n) is 18.9. The quantitative estimate of drug-likeness (QED) is 0.490. The Bertz CT molecular complexity index is 1090. The number of nitrogens with zero attached hydrogens (tertiary/aromatic N) is 1. The summed E-state index contributed by atoms with van der Waals surface area (Å²) in [5.74, 6) is 0.548. The molecule has 1 aromatic carbocycles. The molecular weight excluding hydrogens is 432 g/mol. The Kier molecular flexibility index (Phi) is 6.36. The minimum absolute atomic E-state index is 0.00342. The first-order valence-corrected chi connectivity index (χ1v) is 12.8. The first kappa shape index (κ1) is 22.0. The number of aryl methyl sites for hydroxylation is 1. The van der Waals surface area contributed by atoms with Crippen molar-refractivity contribution in [1.29, 1.82) is 0 Å². The van der Waals surface area contributed by atoms with Crippen molar-refractivity contribution in [1.82, 2.24) is 10.2 Å². The van der Waals surface area contributed by atoms with E-state index in [2.05, 4.69) is 11.4 Å². The summed E-state index contributed by atoms with van der Waals surface area (Å²) in [5, 5.41) is 5.29. The van der Waals surface area contributed by atoms with Crippen molar-refractivity contribution in [3.05, 3.63) is 81.9 Å². The van der Waals surface area contributed by atoms with E-state index in [-0.39, 0.29) is 29.9 Å². The van der Waals surface area contributed by atoms with Gasteiger partial charge in [-0.15, -0.1) is 11.3 Å². The van der Waals surface area contributed by atoms with E-state index in [1.54, 1.807) is 17.6 Å². The molecule has 0 spiro atoms. The molecule has 3 aromatic rings. The van der Waals surface area contributed by atoms with Crippen LogP contribution in [0.3, 0.4) is 0 Å². The Hall–Kier alpha value is -2.86. The van der Waals surface area contributed by atoms with Gasteiger partial charge in [-0.3, -0.25) is 9.59 Å². The summed E-state index contributed by atoms with van der Waals surface area (Å²) in [6.45, 7) is 2.04. The molecule has 33 heavy (non-hydrogen) atoms. The number of benzene rings is 1. The average molecular weight is 463 g/mol. The number of thiophene rings is 1. The van der Waals surface area contributed by atoms with Crippen LogP contribution in [0.25, 0.3) is 0 Å². The molecule has 1 aliphatic carbocycles. The SMILES string of the molecule is C[C@H](CCc1ccco1)NC(=O)[C@@H]1c2ccccc2C(=O)N(C2CCCC2)[C@@H]1c1cccs1. The van der Waals surface area contributed by atoms with Gasteiger partial charge in [0.25, 0.3) is 5.91 Å². The van der Waals surface area contributed by atoms with Gasteiger partial charge in [0.2, 0.25) is 5.91 Å². The molecule has 6 heteroatoms. The fraction of sp³-hybridized carbons (Fsp3) is 0.407. The molecule has 1 N–H and O–H groups in total. The normalized spacial score (nSPS) is 21.7. The van der Waals surface area contributed by atoms with Crippen molar-refractivity contribution in [2.75, 3.05) is 0 Å². The van der Waals surface area contributed by atoms with Crippen LogP contribution < -0.4 is 5.32 Å². The summed E-state index contributed by atoms with van der Waals surface area (Å²) in [7, 11) is 0. The minimum Gasteiger partial charge on any atom is -0.469 e. The van der Waals surface area contributed by atoms with E-state index in [1.165, 1.54) is 0 Å². The highest BCUT2D eigenvalue weighted by atomic mass is 32.1. The molecule has 0 saturated heterocycles. The summed E-state index contributed by atoms with van der Waals surface area (Å²) < 4.78 is 5.45. The van der Waals surface area contributed by atoms with Gasteiger partial charge in [-0.25, -0.2) is 0 Å². The fourth-order valence-electron chi connectivity index (χ4n) is 5.40. The summed E-state index contributed by atoms with van der Waals surface area (Å²) >= 11 is 1.63. The molecule has 5 nitrogen and oxygen atoms in total. The molecule has 0 radical (unpaired) electrons. The second-order valence-electron chi connectivity index (χ2n) is 9.20. The van der Waals surface area contributed by atoms with E-state index >= 15 is 0 Å². The van der Waals surface area contributed by atoms with Gasteiger partial charge in [0.05, 0.1) is 18.2 Å². The second-order valence-corrected chi connectivity index (χ2v) is 10.2. The van der Waals surface area contributed by atoms with Crippen molar-refractivity contribution in [3.63, 3.8) is 0 Å². The third kappa shape index (κ3) is 4.36. The zero-order valence-corrected chi connectivity index (χ0v) is 19.7. The lowest BCUT2D eigenvalue weighted by Gasteiger charge is -2.44. The highest BCUT2D eigenvalue weighted by Crippen LogP contribution is 2.47. The molecule has 3 atom stereocenters. The molecular formula is C27H30N2O3S. The van der Waals surface area contributed by atoms with Crippen LogP contribution in [-0.4, -0.2) is 28.8 Å². The van der Waals surface area contributed by atoms with Crippen molar-refractivity contribution >= 4 is 23.2 Å². The molecule has 172 valence electrons. The lowest BCUT2D eigenvalue weighted by Crippen LogP contribution is -2.51. The predicted octanol–water partition coefficient (Wildman–Crippen LogP) is 5.70. The number of nitrogens with one attached hydrogen (secondary N) is 1. The predicted molar refractivity (Wildman–Crippen MR) is 129 cm³/mol. The first-order valence-electron chi connectivity index (χ1n) is 11.9. The van der Waals surface area contributed by atoms with Crippen LogP contribution in [0.1, 0.15) is 77.5 Å². The van der Waals surface area contributed by atoms with E-state index in [4.69, 9.17) is 4.42 Å². The van der Waals surface area contributed by atoms with Gasteiger partial charge in [-0.1, -0.05) is 37.1 Å². The number of amides is 2. The lowest BCUT2D eigenvalue weighted by molar-refractivity contribution is -0.125. The highest BCUT2D eigenvalue weighted by molar-refractivity contribution is 7.10. The number of furan rings is 1. The topological polar surface area (TPSA) is 62.6 Å². The van der Waals surface area contributed by atoms with Gasteiger partial charge in [0.1, 0.15) is 5.76 Å². The number of hydrogen-bond donors (Lipinski definition) is 1. The Labute approximate surface area is 198 Å².